The van der Waals surface area contributed by atoms with E-state index in [9.17, 15) is 5.11 Å². The molecule has 1 saturated heterocycles. The van der Waals surface area contributed by atoms with Gasteiger partial charge in [-0.05, 0) is 88.5 Å². The van der Waals surface area contributed by atoms with Crippen LogP contribution in [0.1, 0.15) is 81.5 Å². The Hall–Kier alpha value is -2.97. The number of hydrogen-bond donors (Lipinski definition) is 2. The number of aliphatic hydroxyl groups is 1. The molecule has 37 heavy (non-hydrogen) atoms. The van der Waals surface area contributed by atoms with E-state index in [2.05, 4.69) is 54.9 Å². The van der Waals surface area contributed by atoms with Gasteiger partial charge in [-0.2, -0.15) is 5.10 Å². The molecule has 8 heteroatoms. The van der Waals surface area contributed by atoms with E-state index in [1.165, 1.54) is 0 Å². The molecule has 1 fully saturated rings. The molecule has 8 nitrogen and oxygen atoms in total. The van der Waals surface area contributed by atoms with E-state index in [4.69, 9.17) is 15.5 Å². The minimum atomic E-state index is -0.872. The summed E-state index contributed by atoms with van der Waals surface area (Å²) in [4.78, 5) is 11.4. The molecule has 1 aliphatic rings. The number of likely N-dealkylation sites (tertiary alicyclic amines) is 1. The Balaban J connectivity index is 1.60. The van der Waals surface area contributed by atoms with E-state index in [0.717, 1.165) is 73.9 Å². The quantitative estimate of drug-likeness (QED) is 0.336. The van der Waals surface area contributed by atoms with Crippen molar-refractivity contribution in [1.29, 1.82) is 0 Å². The number of rotatable bonds is 10. The number of nitrogens with two attached hydrogens (primary N) is 1. The number of nitrogens with zero attached hydrogens (tertiary/aromatic N) is 5. The number of nitrogen functional groups attached to an aromatic ring is 1. The highest BCUT2D eigenvalue weighted by Crippen LogP contribution is 2.37. The fraction of sp³-hybridized carbons (Fsp3) is 0.552. The summed E-state index contributed by atoms with van der Waals surface area (Å²) in [5.41, 5.74) is 10.0. The first kappa shape index (κ1) is 27.1. The first-order valence-corrected chi connectivity index (χ1v) is 13.6. The van der Waals surface area contributed by atoms with Crippen LogP contribution in [0.3, 0.4) is 0 Å². The summed E-state index contributed by atoms with van der Waals surface area (Å²) in [6.45, 7) is 10.5. The van der Waals surface area contributed by atoms with Gasteiger partial charge in [0.25, 0.3) is 5.88 Å². The largest absolute Gasteiger partial charge is 0.433 e. The average Bonchev–Trinajstić information content (AvgIpc) is 3.36. The van der Waals surface area contributed by atoms with Crippen molar-refractivity contribution in [1.82, 2.24) is 24.6 Å². The summed E-state index contributed by atoms with van der Waals surface area (Å²) in [5, 5.41) is 16.1. The number of piperidine rings is 1. The van der Waals surface area contributed by atoms with Crippen LogP contribution in [0.2, 0.25) is 0 Å². The zero-order valence-electron chi connectivity index (χ0n) is 23.0. The topological polar surface area (TPSA) is 102 Å². The molecule has 3 N–H and O–H groups in total. The molecule has 2 aromatic heterocycles. The second-order valence-electron chi connectivity index (χ2n) is 10.5. The molecule has 0 bridgehead atoms. The summed E-state index contributed by atoms with van der Waals surface area (Å²) in [6.07, 6.45) is 12.0. The van der Waals surface area contributed by atoms with Crippen molar-refractivity contribution in [2.45, 2.75) is 84.3 Å². The molecule has 1 aromatic carbocycles. The molecule has 0 aliphatic carbocycles. The maximum atomic E-state index is 11.6. The monoisotopic (exact) mass is 506 g/mol. The number of unbranched alkanes of at least 4 members (excludes halogenated alkanes) is 2. The number of aryl methyl sites for hydroxylation is 1. The Kier molecular flexibility index (Phi) is 8.49. The fourth-order valence-corrected chi connectivity index (χ4v) is 5.20. The molecule has 0 amide bonds. The molecule has 1 unspecified atom stereocenters. The summed E-state index contributed by atoms with van der Waals surface area (Å²) < 4.78 is 8.04. The molecular weight excluding hydrogens is 464 g/mol. The van der Waals surface area contributed by atoms with Crippen LogP contribution < -0.4 is 10.5 Å². The number of anilines is 1. The van der Waals surface area contributed by atoms with Gasteiger partial charge in [0.05, 0.1) is 35.9 Å². The molecule has 1 aliphatic heterocycles. The van der Waals surface area contributed by atoms with Crippen LogP contribution in [0.5, 0.6) is 11.6 Å². The number of benzene rings is 1. The second-order valence-corrected chi connectivity index (χ2v) is 10.5. The Morgan fingerprint density at radius 1 is 1.14 bits per heavy atom. The Bertz CT molecular complexity index is 1200. The predicted molar refractivity (Wildman–Crippen MR) is 148 cm³/mol. The van der Waals surface area contributed by atoms with E-state index < -0.39 is 5.60 Å². The van der Waals surface area contributed by atoms with Crippen LogP contribution in [0.4, 0.5) is 5.82 Å². The highest BCUT2D eigenvalue weighted by atomic mass is 16.5. The molecule has 3 aromatic rings. The lowest BCUT2D eigenvalue weighted by Gasteiger charge is -2.30. The van der Waals surface area contributed by atoms with Crippen molar-refractivity contribution >= 4 is 5.82 Å². The van der Waals surface area contributed by atoms with Crippen molar-refractivity contribution in [3.8, 4) is 22.9 Å². The first-order chi connectivity index (χ1) is 17.7. The van der Waals surface area contributed by atoms with Crippen molar-refractivity contribution in [2.24, 2.45) is 0 Å². The number of ether oxygens (including phenoxy) is 1. The van der Waals surface area contributed by atoms with Crippen LogP contribution in [0.25, 0.3) is 11.3 Å². The third-order valence-electron chi connectivity index (χ3n) is 7.86. The predicted octanol–water partition coefficient (Wildman–Crippen LogP) is 5.78. The van der Waals surface area contributed by atoms with Gasteiger partial charge in [0, 0.05) is 5.56 Å². The summed E-state index contributed by atoms with van der Waals surface area (Å²) >= 11 is 0. The normalized spacial score (nSPS) is 16.6. The lowest BCUT2D eigenvalue weighted by Crippen LogP contribution is -2.31. The zero-order valence-corrected chi connectivity index (χ0v) is 23.0. The average molecular weight is 507 g/mol. The van der Waals surface area contributed by atoms with Crippen LogP contribution in [-0.2, 0) is 5.60 Å². The fourth-order valence-electron chi connectivity index (χ4n) is 5.20. The Morgan fingerprint density at radius 2 is 1.89 bits per heavy atom. The van der Waals surface area contributed by atoms with Gasteiger partial charge in [-0.3, -0.25) is 4.68 Å². The third kappa shape index (κ3) is 6.13. The molecule has 1 atom stereocenters. The molecule has 4 rings (SSSR count). The van der Waals surface area contributed by atoms with E-state index in [-0.39, 0.29) is 11.7 Å². The molecule has 3 heterocycles. The number of aromatic nitrogens is 4. The summed E-state index contributed by atoms with van der Waals surface area (Å²) in [7, 11) is 2.15. The van der Waals surface area contributed by atoms with Crippen molar-refractivity contribution < 1.29 is 9.84 Å². The maximum absolute atomic E-state index is 11.6. The molecule has 200 valence electrons. The highest BCUT2D eigenvalue weighted by Gasteiger charge is 2.29. The van der Waals surface area contributed by atoms with Crippen LogP contribution in [0, 0.1) is 13.8 Å². The van der Waals surface area contributed by atoms with Gasteiger partial charge in [0.2, 0.25) is 0 Å². The smallest absolute Gasteiger partial charge is 0.263 e. The summed E-state index contributed by atoms with van der Waals surface area (Å²) in [6, 6.07) is 4.51. The van der Waals surface area contributed by atoms with Crippen molar-refractivity contribution in [2.75, 3.05) is 25.9 Å². The summed E-state index contributed by atoms with van der Waals surface area (Å²) in [5.74, 6) is 1.08. The SMILES string of the molecule is CCCCCC(O)(CC)c1cc(-c2cnc(N)c(Oc3cnn(C4CCN(C)CC4)c3)n2)cc(C)c1C. The maximum Gasteiger partial charge on any atom is 0.263 e. The molecular formula is C29H42N6O2. The van der Waals surface area contributed by atoms with E-state index >= 15 is 0 Å². The van der Waals surface area contributed by atoms with Gasteiger partial charge in [0.1, 0.15) is 0 Å². The van der Waals surface area contributed by atoms with Gasteiger partial charge in [0.15, 0.2) is 11.6 Å². The van der Waals surface area contributed by atoms with E-state index in [1.807, 2.05) is 17.8 Å². The van der Waals surface area contributed by atoms with Crippen LogP contribution in [0.15, 0.2) is 30.7 Å². The van der Waals surface area contributed by atoms with Gasteiger partial charge in [-0.1, -0.05) is 33.1 Å². The zero-order chi connectivity index (χ0) is 26.6. The Labute approximate surface area is 220 Å². The third-order valence-corrected chi connectivity index (χ3v) is 7.86. The lowest BCUT2D eigenvalue weighted by atomic mass is 9.81. The van der Waals surface area contributed by atoms with Crippen LogP contribution >= 0.6 is 0 Å². The van der Waals surface area contributed by atoms with Gasteiger partial charge >= 0.3 is 0 Å². The first-order valence-electron chi connectivity index (χ1n) is 13.6. The second kappa shape index (κ2) is 11.6. The van der Waals surface area contributed by atoms with Crippen LogP contribution in [-0.4, -0.2) is 49.9 Å². The van der Waals surface area contributed by atoms with E-state index in [1.54, 1.807) is 12.4 Å². The molecule has 0 spiro atoms. The standard InChI is InChI=1S/C29H42N6O2/c1-6-8-9-12-29(36,7-2)25-16-22(15-20(3)21(25)4)26-18-31-27(30)28(33-26)37-24-17-32-35(19-24)23-10-13-34(5)14-11-23/h15-19,23,36H,6-14H2,1-5H3,(H2,30,31). The molecule has 0 radical (unpaired) electrons. The van der Waals surface area contributed by atoms with E-state index in [0.29, 0.717) is 23.9 Å². The van der Waals surface area contributed by atoms with Gasteiger partial charge in [-0.25, -0.2) is 9.97 Å². The minimum absolute atomic E-state index is 0.226. The number of hydrogen-bond acceptors (Lipinski definition) is 7. The Morgan fingerprint density at radius 3 is 2.59 bits per heavy atom. The van der Waals surface area contributed by atoms with Gasteiger partial charge in [-0.15, -0.1) is 0 Å². The molecule has 0 saturated carbocycles. The highest BCUT2D eigenvalue weighted by molar-refractivity contribution is 5.64. The van der Waals surface area contributed by atoms with Crippen molar-refractivity contribution in [3.05, 3.63) is 47.4 Å². The van der Waals surface area contributed by atoms with Gasteiger partial charge < -0.3 is 20.5 Å². The minimum Gasteiger partial charge on any atom is -0.433 e. The lowest BCUT2D eigenvalue weighted by molar-refractivity contribution is 0.0202. The van der Waals surface area contributed by atoms with Crippen molar-refractivity contribution in [3.63, 3.8) is 0 Å².